The zero-order chi connectivity index (χ0) is 10.9. The van der Waals surface area contributed by atoms with E-state index in [-0.39, 0.29) is 0 Å². The Labute approximate surface area is 90.1 Å². The molecule has 0 saturated carbocycles. The van der Waals surface area contributed by atoms with Crippen LogP contribution in [0.15, 0.2) is 30.3 Å². The van der Waals surface area contributed by atoms with Gasteiger partial charge in [-0.3, -0.25) is 0 Å². The summed E-state index contributed by atoms with van der Waals surface area (Å²) in [5.74, 6) is 0. The molecular formula is C10H15NO3P+. The minimum absolute atomic E-state index is 0.479. The summed E-state index contributed by atoms with van der Waals surface area (Å²) in [5, 5.41) is 3.64. The molecule has 1 unspecified atom stereocenters. The predicted molar refractivity (Wildman–Crippen MR) is 59.6 cm³/mol. The van der Waals surface area contributed by atoms with Gasteiger partial charge in [0, 0.05) is 13.1 Å². The van der Waals surface area contributed by atoms with Gasteiger partial charge in [0.15, 0.2) is 0 Å². The van der Waals surface area contributed by atoms with E-state index in [0.717, 1.165) is 26.3 Å². The Morgan fingerprint density at radius 2 is 1.80 bits per heavy atom. The number of hydrogen-bond donors (Lipinski definition) is 2. The Bertz CT molecular complexity index is 276. The molecule has 1 saturated heterocycles. The van der Waals surface area contributed by atoms with Crippen LogP contribution in [0.4, 0.5) is 0 Å². The minimum Gasteiger partial charge on any atom is -0.379 e. The third-order valence-corrected chi connectivity index (χ3v) is 2.56. The summed E-state index contributed by atoms with van der Waals surface area (Å²) in [6.45, 7) is 3.83. The van der Waals surface area contributed by atoms with E-state index in [4.69, 9.17) is 9.63 Å². The third kappa shape index (κ3) is 5.60. The van der Waals surface area contributed by atoms with Crippen LogP contribution in [0.25, 0.3) is 0 Å². The highest BCUT2D eigenvalue weighted by molar-refractivity contribution is 7.47. The van der Waals surface area contributed by atoms with Gasteiger partial charge < -0.3 is 10.1 Å². The second-order valence-corrected chi connectivity index (χ2v) is 4.03. The summed E-state index contributed by atoms with van der Waals surface area (Å²) in [6, 6.07) is 8.53. The summed E-state index contributed by atoms with van der Waals surface area (Å²) < 4.78 is 15.4. The average Bonchev–Trinajstić information content (AvgIpc) is 2.33. The SMILES string of the molecule is C1COCCN1.O=[P+](O)c1ccccc1. The van der Waals surface area contributed by atoms with Gasteiger partial charge >= 0.3 is 8.03 Å². The molecule has 4 nitrogen and oxygen atoms in total. The Hall–Kier alpha value is -0.800. The van der Waals surface area contributed by atoms with Gasteiger partial charge in [-0.05, 0) is 16.7 Å². The lowest BCUT2D eigenvalue weighted by atomic mass is 10.4. The highest BCUT2D eigenvalue weighted by Gasteiger charge is 2.12. The molecule has 15 heavy (non-hydrogen) atoms. The van der Waals surface area contributed by atoms with Gasteiger partial charge in [-0.2, -0.15) is 4.89 Å². The monoisotopic (exact) mass is 228 g/mol. The Balaban J connectivity index is 0.000000162. The average molecular weight is 228 g/mol. The summed E-state index contributed by atoms with van der Waals surface area (Å²) in [7, 11) is -2.15. The predicted octanol–water partition coefficient (Wildman–Crippen LogP) is 0.653. The molecule has 2 N–H and O–H groups in total. The number of hydrogen-bond acceptors (Lipinski definition) is 3. The van der Waals surface area contributed by atoms with Crippen LogP contribution in [-0.4, -0.2) is 31.2 Å². The van der Waals surface area contributed by atoms with Gasteiger partial charge in [-0.25, -0.2) is 0 Å². The van der Waals surface area contributed by atoms with Crippen molar-refractivity contribution in [2.75, 3.05) is 26.3 Å². The van der Waals surface area contributed by atoms with E-state index in [9.17, 15) is 4.57 Å². The molecule has 0 aliphatic carbocycles. The first-order valence-electron chi connectivity index (χ1n) is 4.80. The van der Waals surface area contributed by atoms with Gasteiger partial charge in [0.1, 0.15) is 0 Å². The highest BCUT2D eigenvalue weighted by atomic mass is 31.1. The number of nitrogens with one attached hydrogen (secondary N) is 1. The van der Waals surface area contributed by atoms with Crippen LogP contribution in [0.1, 0.15) is 0 Å². The summed E-state index contributed by atoms with van der Waals surface area (Å²) in [4.78, 5) is 8.53. The molecular weight excluding hydrogens is 213 g/mol. The van der Waals surface area contributed by atoms with E-state index < -0.39 is 8.03 Å². The molecule has 1 atom stereocenters. The van der Waals surface area contributed by atoms with Crippen LogP contribution in [0, 0.1) is 0 Å². The fourth-order valence-corrected chi connectivity index (χ4v) is 1.50. The van der Waals surface area contributed by atoms with Gasteiger partial charge in [-0.1, -0.05) is 18.2 Å². The van der Waals surface area contributed by atoms with Crippen LogP contribution < -0.4 is 10.6 Å². The second kappa shape index (κ2) is 7.49. The molecule has 5 heteroatoms. The molecule has 1 aliphatic rings. The van der Waals surface area contributed by atoms with Crippen LogP contribution >= 0.6 is 8.03 Å². The maximum absolute atomic E-state index is 10.3. The molecule has 1 fully saturated rings. The van der Waals surface area contributed by atoms with Crippen molar-refractivity contribution in [2.24, 2.45) is 0 Å². The second-order valence-electron chi connectivity index (χ2n) is 2.97. The van der Waals surface area contributed by atoms with Crippen molar-refractivity contribution in [3.8, 4) is 0 Å². The molecule has 1 heterocycles. The van der Waals surface area contributed by atoms with Gasteiger partial charge in [0.05, 0.1) is 13.2 Å². The first kappa shape index (κ1) is 12.3. The van der Waals surface area contributed by atoms with E-state index in [1.54, 1.807) is 24.3 Å². The van der Waals surface area contributed by atoms with Gasteiger partial charge in [-0.15, -0.1) is 0 Å². The van der Waals surface area contributed by atoms with Crippen LogP contribution in [0.5, 0.6) is 0 Å². The summed E-state index contributed by atoms with van der Waals surface area (Å²) in [5.41, 5.74) is 0. The molecule has 82 valence electrons. The fraction of sp³-hybridized carbons (Fsp3) is 0.400. The Morgan fingerprint density at radius 3 is 2.07 bits per heavy atom. The first-order valence-corrected chi connectivity index (χ1v) is 6.01. The van der Waals surface area contributed by atoms with E-state index in [1.807, 2.05) is 6.07 Å². The van der Waals surface area contributed by atoms with E-state index in [1.165, 1.54) is 0 Å². The molecule has 0 aromatic heterocycles. The molecule has 0 amide bonds. The van der Waals surface area contributed by atoms with Crippen molar-refractivity contribution in [3.63, 3.8) is 0 Å². The maximum atomic E-state index is 10.3. The normalized spacial score (nSPS) is 16.2. The molecule has 0 spiro atoms. The zero-order valence-corrected chi connectivity index (χ0v) is 9.32. The van der Waals surface area contributed by atoms with Crippen molar-refractivity contribution in [2.45, 2.75) is 0 Å². The van der Waals surface area contributed by atoms with Crippen molar-refractivity contribution in [1.29, 1.82) is 0 Å². The van der Waals surface area contributed by atoms with Crippen LogP contribution in [0.3, 0.4) is 0 Å². The highest BCUT2D eigenvalue weighted by Crippen LogP contribution is 2.10. The Kier molecular flexibility index (Phi) is 6.12. The summed E-state index contributed by atoms with van der Waals surface area (Å²) >= 11 is 0. The lowest BCUT2D eigenvalue weighted by molar-refractivity contribution is 0.109. The van der Waals surface area contributed by atoms with Crippen molar-refractivity contribution < 1.29 is 14.2 Å². The Morgan fingerprint density at radius 1 is 1.20 bits per heavy atom. The molecule has 0 radical (unpaired) electrons. The molecule has 1 aliphatic heterocycles. The van der Waals surface area contributed by atoms with Gasteiger partial charge in [0.25, 0.3) is 0 Å². The zero-order valence-electron chi connectivity index (χ0n) is 8.43. The summed E-state index contributed by atoms with van der Waals surface area (Å²) in [6.07, 6.45) is 0. The lowest BCUT2D eigenvalue weighted by Crippen LogP contribution is -2.30. The van der Waals surface area contributed by atoms with E-state index in [0.29, 0.717) is 5.30 Å². The van der Waals surface area contributed by atoms with Crippen LogP contribution in [0.2, 0.25) is 0 Å². The molecule has 1 aromatic carbocycles. The number of benzene rings is 1. The number of rotatable bonds is 1. The quantitative estimate of drug-likeness (QED) is 0.693. The van der Waals surface area contributed by atoms with Crippen molar-refractivity contribution in [1.82, 2.24) is 5.32 Å². The minimum atomic E-state index is -2.15. The smallest absolute Gasteiger partial charge is 0.379 e. The molecule has 0 bridgehead atoms. The lowest BCUT2D eigenvalue weighted by Gasteiger charge is -2.10. The third-order valence-electron chi connectivity index (χ3n) is 1.82. The molecule has 1 aromatic rings. The fourth-order valence-electron chi connectivity index (χ4n) is 1.07. The van der Waals surface area contributed by atoms with E-state index >= 15 is 0 Å². The number of ether oxygens (including phenoxy) is 1. The largest absolute Gasteiger partial charge is 0.546 e. The standard InChI is InChI=1S/C6H5O2P.C4H9NO/c7-9(8)6-4-2-1-3-5-6;1-3-6-4-2-5-1/h1-5H;5H,1-4H2/p+1. The number of morpholine rings is 1. The topological polar surface area (TPSA) is 58.6 Å². The van der Waals surface area contributed by atoms with Gasteiger partial charge in [0.2, 0.25) is 5.30 Å². The maximum Gasteiger partial charge on any atom is 0.546 e. The van der Waals surface area contributed by atoms with Crippen molar-refractivity contribution >= 4 is 13.3 Å². The van der Waals surface area contributed by atoms with Crippen LogP contribution in [-0.2, 0) is 9.30 Å². The van der Waals surface area contributed by atoms with Crippen molar-refractivity contribution in [3.05, 3.63) is 30.3 Å². The van der Waals surface area contributed by atoms with E-state index in [2.05, 4.69) is 5.32 Å². The first-order chi connectivity index (χ1) is 7.30. The molecule has 2 rings (SSSR count).